The zero-order valence-electron chi connectivity index (χ0n) is 15.3. The normalized spacial score (nSPS) is 10.5. The van der Waals surface area contributed by atoms with Gasteiger partial charge >= 0.3 is 5.97 Å². The van der Waals surface area contributed by atoms with Gasteiger partial charge in [0.05, 0.1) is 12.7 Å². The van der Waals surface area contributed by atoms with E-state index in [0.29, 0.717) is 13.1 Å². The lowest BCUT2D eigenvalue weighted by Gasteiger charge is -2.17. The van der Waals surface area contributed by atoms with Crippen molar-refractivity contribution in [1.82, 2.24) is 19.9 Å². The summed E-state index contributed by atoms with van der Waals surface area (Å²) in [5, 5.41) is 7.75. The van der Waals surface area contributed by atoms with Gasteiger partial charge in [-0.1, -0.05) is 69.7 Å². The van der Waals surface area contributed by atoms with Gasteiger partial charge in [-0.2, -0.15) is 0 Å². The van der Waals surface area contributed by atoms with Gasteiger partial charge in [-0.05, 0) is 17.2 Å². The highest BCUT2D eigenvalue weighted by Gasteiger charge is 2.17. The molecule has 2 aromatic carbocycles. The van der Waals surface area contributed by atoms with Crippen LogP contribution in [0.15, 0.2) is 65.3 Å². The number of carbonyl (C=O) groups excluding carboxylic acids is 2. The molecule has 0 aliphatic rings. The summed E-state index contributed by atoms with van der Waals surface area (Å²) >= 11 is 3.45. The minimum atomic E-state index is -0.679. The molecule has 0 unspecified atom stereocenters. The number of halogens is 1. The first kappa shape index (κ1) is 19.8. The van der Waals surface area contributed by atoms with E-state index in [1.54, 1.807) is 11.7 Å². The fourth-order valence-corrected chi connectivity index (χ4v) is 2.93. The van der Waals surface area contributed by atoms with Crippen LogP contribution in [0.2, 0.25) is 0 Å². The third-order valence-corrected chi connectivity index (χ3v) is 4.83. The van der Waals surface area contributed by atoms with Crippen molar-refractivity contribution in [2.75, 3.05) is 13.7 Å². The van der Waals surface area contributed by atoms with E-state index >= 15 is 0 Å². The van der Waals surface area contributed by atoms with Gasteiger partial charge in [0.2, 0.25) is 0 Å². The van der Waals surface area contributed by atoms with Crippen LogP contribution in [0.25, 0.3) is 0 Å². The molecule has 0 fully saturated rings. The summed E-state index contributed by atoms with van der Waals surface area (Å²) < 4.78 is 7.55. The van der Waals surface area contributed by atoms with E-state index in [2.05, 4.69) is 26.2 Å². The molecular formula is C20H19BrN4O3. The van der Waals surface area contributed by atoms with Crippen molar-refractivity contribution in [1.29, 1.82) is 0 Å². The molecular weight excluding hydrogens is 424 g/mol. The first-order valence-electron chi connectivity index (χ1n) is 8.61. The average Bonchev–Trinajstić information content (AvgIpc) is 3.17. The number of rotatable bonds is 7. The van der Waals surface area contributed by atoms with Gasteiger partial charge in [-0.15, -0.1) is 5.10 Å². The smallest absolute Gasteiger partial charge is 0.361 e. The number of amides is 1. The molecule has 3 rings (SSSR count). The minimum Gasteiger partial charge on any atom is -0.451 e. The number of likely N-dealkylation sites (N-methyl/N-ethyl adjacent to an activating group) is 1. The molecule has 0 aliphatic heterocycles. The highest BCUT2D eigenvalue weighted by molar-refractivity contribution is 9.10. The fourth-order valence-electron chi connectivity index (χ4n) is 2.52. The van der Waals surface area contributed by atoms with Gasteiger partial charge in [0.15, 0.2) is 12.3 Å². The maximum atomic E-state index is 12.2. The number of nitrogens with zero attached hydrogens (tertiary/aromatic N) is 4. The van der Waals surface area contributed by atoms with E-state index in [1.807, 2.05) is 54.6 Å². The van der Waals surface area contributed by atoms with Gasteiger partial charge in [-0.3, -0.25) is 4.79 Å². The van der Waals surface area contributed by atoms with Crippen molar-refractivity contribution in [2.24, 2.45) is 0 Å². The van der Waals surface area contributed by atoms with Gasteiger partial charge in [0.25, 0.3) is 5.91 Å². The number of carbonyl (C=O) groups is 2. The molecule has 1 heterocycles. The van der Waals surface area contributed by atoms with Gasteiger partial charge in [-0.25, -0.2) is 9.48 Å². The molecule has 3 aromatic rings. The second-order valence-corrected chi connectivity index (χ2v) is 7.06. The van der Waals surface area contributed by atoms with Gasteiger partial charge in [0.1, 0.15) is 0 Å². The Kier molecular flexibility index (Phi) is 6.54. The average molecular weight is 443 g/mol. The zero-order chi connectivity index (χ0) is 19.9. The lowest BCUT2D eigenvalue weighted by molar-refractivity contribution is -0.133. The van der Waals surface area contributed by atoms with Crippen LogP contribution < -0.4 is 0 Å². The van der Waals surface area contributed by atoms with Crippen LogP contribution in [0.3, 0.4) is 0 Å². The summed E-state index contributed by atoms with van der Waals surface area (Å²) in [4.78, 5) is 25.9. The molecule has 1 aromatic heterocycles. The monoisotopic (exact) mass is 442 g/mol. The minimum absolute atomic E-state index is 0.0668. The van der Waals surface area contributed by atoms with Crippen molar-refractivity contribution >= 4 is 27.8 Å². The summed E-state index contributed by atoms with van der Waals surface area (Å²) in [5.41, 5.74) is 2.07. The van der Waals surface area contributed by atoms with Crippen LogP contribution in [-0.2, 0) is 22.6 Å². The molecule has 7 nitrogen and oxygen atoms in total. The van der Waals surface area contributed by atoms with Crippen molar-refractivity contribution in [3.8, 4) is 0 Å². The Balaban J connectivity index is 1.51. The second kappa shape index (κ2) is 9.27. The molecule has 0 N–H and O–H groups in total. The molecule has 0 saturated heterocycles. The molecule has 28 heavy (non-hydrogen) atoms. The van der Waals surface area contributed by atoms with E-state index in [0.717, 1.165) is 15.6 Å². The number of hydrogen-bond acceptors (Lipinski definition) is 5. The predicted octanol–water partition coefficient (Wildman–Crippen LogP) is 2.90. The third-order valence-electron chi connectivity index (χ3n) is 4.05. The van der Waals surface area contributed by atoms with Crippen LogP contribution in [0, 0.1) is 0 Å². The Labute approximate surface area is 171 Å². The molecule has 0 spiro atoms. The predicted molar refractivity (Wildman–Crippen MR) is 106 cm³/mol. The lowest BCUT2D eigenvalue weighted by Crippen LogP contribution is -2.31. The standard InChI is InChI=1S/C20H19BrN4O3/c1-24(12-16-9-5-6-10-17(16)21)19(26)14-28-20(27)18-13-25(23-22-18)11-15-7-3-2-4-8-15/h2-10,13H,11-12,14H2,1H3. The highest BCUT2D eigenvalue weighted by Crippen LogP contribution is 2.17. The quantitative estimate of drug-likeness (QED) is 0.525. The zero-order valence-corrected chi connectivity index (χ0v) is 16.9. The molecule has 144 valence electrons. The number of hydrogen-bond donors (Lipinski definition) is 0. The number of ether oxygens (including phenoxy) is 1. The van der Waals surface area contributed by atoms with E-state index in [9.17, 15) is 9.59 Å². The SMILES string of the molecule is CN(Cc1ccccc1Br)C(=O)COC(=O)c1cn(Cc2ccccc2)nn1. The van der Waals surface area contributed by atoms with E-state index < -0.39 is 5.97 Å². The van der Waals surface area contributed by atoms with E-state index in [4.69, 9.17) is 4.74 Å². The van der Waals surface area contributed by atoms with E-state index in [-0.39, 0.29) is 18.2 Å². The molecule has 0 saturated carbocycles. The largest absolute Gasteiger partial charge is 0.451 e. The number of esters is 1. The molecule has 0 atom stereocenters. The number of aromatic nitrogens is 3. The molecule has 1 amide bonds. The molecule has 0 bridgehead atoms. The Morgan fingerprint density at radius 1 is 1.11 bits per heavy atom. The van der Waals surface area contributed by atoms with Crippen molar-refractivity contribution < 1.29 is 14.3 Å². The summed E-state index contributed by atoms with van der Waals surface area (Å²) in [5.74, 6) is -0.984. The summed E-state index contributed by atoms with van der Waals surface area (Å²) in [6, 6.07) is 17.3. The van der Waals surface area contributed by atoms with Crippen molar-refractivity contribution in [3.05, 3.63) is 82.1 Å². The second-order valence-electron chi connectivity index (χ2n) is 6.20. The van der Waals surface area contributed by atoms with Crippen LogP contribution >= 0.6 is 15.9 Å². The summed E-state index contributed by atoms with van der Waals surface area (Å²) in [6.07, 6.45) is 1.50. The third kappa shape index (κ3) is 5.26. The topological polar surface area (TPSA) is 77.3 Å². The highest BCUT2D eigenvalue weighted by atomic mass is 79.9. The van der Waals surface area contributed by atoms with Crippen LogP contribution in [0.5, 0.6) is 0 Å². The van der Waals surface area contributed by atoms with Crippen LogP contribution in [0.4, 0.5) is 0 Å². The fraction of sp³-hybridized carbons (Fsp3) is 0.200. The first-order chi connectivity index (χ1) is 13.5. The van der Waals surface area contributed by atoms with E-state index in [1.165, 1.54) is 11.1 Å². The Bertz CT molecular complexity index is 959. The maximum Gasteiger partial charge on any atom is 0.361 e. The Morgan fingerprint density at radius 3 is 2.57 bits per heavy atom. The molecule has 0 radical (unpaired) electrons. The van der Waals surface area contributed by atoms with Crippen LogP contribution in [-0.4, -0.2) is 45.4 Å². The maximum absolute atomic E-state index is 12.2. The number of benzene rings is 2. The van der Waals surface area contributed by atoms with Crippen molar-refractivity contribution in [3.63, 3.8) is 0 Å². The molecule has 0 aliphatic carbocycles. The van der Waals surface area contributed by atoms with Crippen LogP contribution in [0.1, 0.15) is 21.6 Å². The Hall–Kier alpha value is -3.00. The lowest BCUT2D eigenvalue weighted by atomic mass is 10.2. The van der Waals surface area contributed by atoms with Gasteiger partial charge in [0, 0.05) is 18.1 Å². The first-order valence-corrected chi connectivity index (χ1v) is 9.41. The van der Waals surface area contributed by atoms with Crippen molar-refractivity contribution in [2.45, 2.75) is 13.1 Å². The Morgan fingerprint density at radius 2 is 1.82 bits per heavy atom. The summed E-state index contributed by atoms with van der Waals surface area (Å²) in [7, 11) is 1.66. The molecule has 8 heteroatoms. The van der Waals surface area contributed by atoms with Gasteiger partial charge < -0.3 is 9.64 Å². The summed E-state index contributed by atoms with van der Waals surface area (Å²) in [6.45, 7) is 0.547.